The SMILES string of the molecule is CC1CC(NC(=O)c2sccc2/C=C/C(=O)O)C1. The number of hydrogen-bond donors (Lipinski definition) is 2. The molecule has 1 aromatic heterocycles. The summed E-state index contributed by atoms with van der Waals surface area (Å²) >= 11 is 1.33. The number of hydrogen-bond acceptors (Lipinski definition) is 3. The van der Waals surface area contributed by atoms with E-state index in [2.05, 4.69) is 12.2 Å². The van der Waals surface area contributed by atoms with Crippen LogP contribution in [0, 0.1) is 5.92 Å². The summed E-state index contributed by atoms with van der Waals surface area (Å²) in [5, 5.41) is 13.3. The van der Waals surface area contributed by atoms with Crippen molar-refractivity contribution in [1.82, 2.24) is 5.32 Å². The molecule has 1 amide bonds. The van der Waals surface area contributed by atoms with Crippen LogP contribution in [0.1, 0.15) is 35.0 Å². The van der Waals surface area contributed by atoms with Gasteiger partial charge in [0.15, 0.2) is 0 Å². The molecule has 0 saturated heterocycles. The molecule has 0 radical (unpaired) electrons. The smallest absolute Gasteiger partial charge is 0.328 e. The molecule has 5 heteroatoms. The second-order valence-corrected chi connectivity index (χ2v) is 5.54. The maximum absolute atomic E-state index is 12.0. The highest BCUT2D eigenvalue weighted by Crippen LogP contribution is 2.27. The van der Waals surface area contributed by atoms with Crippen molar-refractivity contribution in [2.45, 2.75) is 25.8 Å². The van der Waals surface area contributed by atoms with E-state index in [0.717, 1.165) is 18.9 Å². The van der Waals surface area contributed by atoms with Gasteiger partial charge >= 0.3 is 5.97 Å². The number of carboxylic acid groups (broad SMARTS) is 1. The fourth-order valence-electron chi connectivity index (χ4n) is 2.07. The summed E-state index contributed by atoms with van der Waals surface area (Å²) in [5.41, 5.74) is 0.660. The van der Waals surface area contributed by atoms with Crippen molar-refractivity contribution in [1.29, 1.82) is 0 Å². The minimum atomic E-state index is -1.01. The van der Waals surface area contributed by atoms with E-state index < -0.39 is 5.97 Å². The summed E-state index contributed by atoms with van der Waals surface area (Å²) in [5.74, 6) is -0.433. The maximum atomic E-state index is 12.0. The Morgan fingerprint density at radius 2 is 2.22 bits per heavy atom. The fraction of sp³-hybridized carbons (Fsp3) is 0.385. The monoisotopic (exact) mass is 265 g/mol. The first-order valence-corrected chi connectivity index (χ1v) is 6.73. The van der Waals surface area contributed by atoms with Gasteiger partial charge in [-0.3, -0.25) is 4.79 Å². The van der Waals surface area contributed by atoms with Crippen LogP contribution in [0.15, 0.2) is 17.5 Å². The number of amides is 1. The highest BCUT2D eigenvalue weighted by Gasteiger charge is 2.27. The van der Waals surface area contributed by atoms with Crippen LogP contribution >= 0.6 is 11.3 Å². The van der Waals surface area contributed by atoms with Gasteiger partial charge in [0, 0.05) is 12.1 Å². The molecular weight excluding hydrogens is 250 g/mol. The van der Waals surface area contributed by atoms with Crippen molar-refractivity contribution >= 4 is 29.3 Å². The largest absolute Gasteiger partial charge is 0.478 e. The Hall–Kier alpha value is -1.62. The van der Waals surface area contributed by atoms with E-state index in [1.807, 2.05) is 0 Å². The van der Waals surface area contributed by atoms with Crippen molar-refractivity contribution in [2.75, 3.05) is 0 Å². The topological polar surface area (TPSA) is 66.4 Å². The first-order chi connectivity index (χ1) is 8.56. The standard InChI is InChI=1S/C13H15NO3S/c1-8-6-10(7-8)14-13(17)12-9(4-5-18-12)2-3-11(15)16/h2-5,8,10H,6-7H2,1H3,(H,14,17)(H,15,16)/b3-2+. The summed E-state index contributed by atoms with van der Waals surface area (Å²) in [6.45, 7) is 2.16. The number of thiophene rings is 1. The zero-order valence-electron chi connectivity index (χ0n) is 10.1. The number of nitrogens with one attached hydrogen (secondary N) is 1. The van der Waals surface area contributed by atoms with Crippen molar-refractivity contribution in [2.24, 2.45) is 5.92 Å². The zero-order chi connectivity index (χ0) is 13.1. The lowest BCUT2D eigenvalue weighted by Gasteiger charge is -2.33. The molecule has 1 saturated carbocycles. The minimum absolute atomic E-state index is 0.105. The van der Waals surface area contributed by atoms with Crippen molar-refractivity contribution < 1.29 is 14.7 Å². The van der Waals surface area contributed by atoms with Gasteiger partial charge in [-0.1, -0.05) is 6.92 Å². The molecule has 0 bridgehead atoms. The van der Waals surface area contributed by atoms with E-state index in [1.54, 1.807) is 11.4 Å². The number of carbonyl (C=O) groups excluding carboxylic acids is 1. The molecule has 96 valence electrons. The Bertz CT molecular complexity index is 486. The van der Waals surface area contributed by atoms with Gasteiger partial charge in [-0.25, -0.2) is 4.79 Å². The Kier molecular flexibility index (Phi) is 3.81. The molecule has 18 heavy (non-hydrogen) atoms. The normalized spacial score (nSPS) is 22.7. The molecular formula is C13H15NO3S. The van der Waals surface area contributed by atoms with Crippen molar-refractivity contribution in [3.8, 4) is 0 Å². The third kappa shape index (κ3) is 2.98. The predicted octanol–water partition coefficient (Wildman–Crippen LogP) is 2.37. The van der Waals surface area contributed by atoms with Gasteiger partial charge in [0.2, 0.25) is 0 Å². The van der Waals surface area contributed by atoms with Crippen LogP contribution in [0.3, 0.4) is 0 Å². The van der Waals surface area contributed by atoms with E-state index >= 15 is 0 Å². The van der Waals surface area contributed by atoms with Gasteiger partial charge in [0.1, 0.15) is 0 Å². The van der Waals surface area contributed by atoms with Crippen molar-refractivity contribution in [3.63, 3.8) is 0 Å². The lowest BCUT2D eigenvalue weighted by atomic mass is 9.82. The maximum Gasteiger partial charge on any atom is 0.328 e. The van der Waals surface area contributed by atoms with Crippen LogP contribution < -0.4 is 5.32 Å². The minimum Gasteiger partial charge on any atom is -0.478 e. The first-order valence-electron chi connectivity index (χ1n) is 5.85. The Morgan fingerprint density at radius 3 is 2.83 bits per heavy atom. The van der Waals surface area contributed by atoms with Crippen LogP contribution in [0.25, 0.3) is 6.08 Å². The molecule has 2 rings (SSSR count). The van der Waals surface area contributed by atoms with Gasteiger partial charge in [-0.05, 0) is 41.8 Å². The molecule has 1 aliphatic carbocycles. The molecule has 0 aromatic carbocycles. The summed E-state index contributed by atoms with van der Waals surface area (Å²) in [4.78, 5) is 23.0. The quantitative estimate of drug-likeness (QED) is 0.821. The summed E-state index contributed by atoms with van der Waals surface area (Å²) in [6, 6.07) is 2.02. The summed E-state index contributed by atoms with van der Waals surface area (Å²) in [7, 11) is 0. The van der Waals surface area contributed by atoms with E-state index in [1.165, 1.54) is 17.4 Å². The van der Waals surface area contributed by atoms with E-state index in [4.69, 9.17) is 5.11 Å². The molecule has 4 nitrogen and oxygen atoms in total. The van der Waals surface area contributed by atoms with Crippen molar-refractivity contribution in [3.05, 3.63) is 28.0 Å². The molecule has 0 spiro atoms. The second kappa shape index (κ2) is 5.35. The average Bonchev–Trinajstić information content (AvgIpc) is 2.72. The van der Waals surface area contributed by atoms with Crippen LogP contribution in [0.4, 0.5) is 0 Å². The molecule has 0 atom stereocenters. The zero-order valence-corrected chi connectivity index (χ0v) is 10.9. The van der Waals surface area contributed by atoms with Crippen LogP contribution in [-0.2, 0) is 4.79 Å². The van der Waals surface area contributed by atoms with Crippen LogP contribution in [0.5, 0.6) is 0 Å². The molecule has 2 N–H and O–H groups in total. The highest BCUT2D eigenvalue weighted by molar-refractivity contribution is 7.12. The Morgan fingerprint density at radius 1 is 1.50 bits per heavy atom. The van der Waals surface area contributed by atoms with E-state index in [9.17, 15) is 9.59 Å². The predicted molar refractivity (Wildman–Crippen MR) is 70.6 cm³/mol. The Labute approximate surface area is 109 Å². The second-order valence-electron chi connectivity index (χ2n) is 4.62. The Balaban J connectivity index is 2.02. The van der Waals surface area contributed by atoms with E-state index in [0.29, 0.717) is 16.4 Å². The molecule has 1 fully saturated rings. The number of carboxylic acids is 1. The van der Waals surface area contributed by atoms with Gasteiger partial charge in [-0.15, -0.1) is 11.3 Å². The molecule has 0 unspecified atom stereocenters. The van der Waals surface area contributed by atoms with Gasteiger partial charge in [0.25, 0.3) is 5.91 Å². The third-order valence-corrected chi connectivity index (χ3v) is 3.95. The van der Waals surface area contributed by atoms with Crippen LogP contribution in [-0.4, -0.2) is 23.0 Å². The molecule has 1 aliphatic rings. The summed E-state index contributed by atoms with van der Waals surface area (Å²) < 4.78 is 0. The highest BCUT2D eigenvalue weighted by atomic mass is 32.1. The lowest BCUT2D eigenvalue weighted by molar-refractivity contribution is -0.131. The third-order valence-electron chi connectivity index (χ3n) is 3.02. The number of carbonyl (C=O) groups is 2. The number of rotatable bonds is 4. The first kappa shape index (κ1) is 12.8. The number of aliphatic carboxylic acids is 1. The molecule has 0 aliphatic heterocycles. The van der Waals surface area contributed by atoms with Gasteiger partial charge in [0.05, 0.1) is 4.88 Å². The lowest BCUT2D eigenvalue weighted by Crippen LogP contribution is -2.43. The van der Waals surface area contributed by atoms with Crippen LogP contribution in [0.2, 0.25) is 0 Å². The average molecular weight is 265 g/mol. The van der Waals surface area contributed by atoms with Gasteiger partial charge < -0.3 is 10.4 Å². The summed E-state index contributed by atoms with van der Waals surface area (Å²) in [6.07, 6.45) is 4.55. The van der Waals surface area contributed by atoms with Gasteiger partial charge in [-0.2, -0.15) is 0 Å². The molecule has 1 heterocycles. The molecule has 1 aromatic rings. The van der Waals surface area contributed by atoms with E-state index in [-0.39, 0.29) is 11.9 Å². The fourth-order valence-corrected chi connectivity index (χ4v) is 2.86.